The van der Waals surface area contributed by atoms with E-state index in [1.54, 1.807) is 24.5 Å². The average molecular weight is 287 g/mol. The molecule has 0 bridgehead atoms. The van der Waals surface area contributed by atoms with Gasteiger partial charge < -0.3 is 5.11 Å². The normalized spacial score (nSPS) is 10.7. The molecule has 1 N–H and O–H groups in total. The quantitative estimate of drug-likeness (QED) is 0.789. The van der Waals surface area contributed by atoms with E-state index in [0.717, 1.165) is 5.69 Å². The van der Waals surface area contributed by atoms with E-state index >= 15 is 0 Å². The largest absolute Gasteiger partial charge is 0.476 e. The molecule has 0 unspecified atom stereocenters. The Balaban J connectivity index is 2.24. The van der Waals surface area contributed by atoms with Gasteiger partial charge in [0.15, 0.2) is 5.69 Å². The molecule has 0 aromatic carbocycles. The van der Waals surface area contributed by atoms with Crippen molar-refractivity contribution in [2.24, 2.45) is 0 Å². The van der Waals surface area contributed by atoms with Crippen molar-refractivity contribution in [1.29, 1.82) is 0 Å². The molecule has 3 heterocycles. The fourth-order valence-electron chi connectivity index (χ4n) is 1.76. The molecule has 0 radical (unpaired) electrons. The van der Waals surface area contributed by atoms with Crippen LogP contribution in [0.3, 0.4) is 0 Å². The topological polar surface area (TPSA) is 93.8 Å². The van der Waals surface area contributed by atoms with Crippen molar-refractivity contribution in [1.82, 2.24) is 25.0 Å². The van der Waals surface area contributed by atoms with Crippen molar-refractivity contribution in [3.8, 4) is 16.4 Å². The molecular weight excluding hydrogens is 278 g/mol. The third-order valence-electron chi connectivity index (χ3n) is 2.60. The molecule has 0 fully saturated rings. The van der Waals surface area contributed by atoms with Gasteiger partial charge in [0.05, 0.1) is 5.69 Å². The summed E-state index contributed by atoms with van der Waals surface area (Å²) >= 11 is 1.37. The summed E-state index contributed by atoms with van der Waals surface area (Å²) in [5, 5.41) is 19.3. The zero-order chi connectivity index (χ0) is 14.1. The van der Waals surface area contributed by atoms with Crippen LogP contribution in [0.25, 0.3) is 16.4 Å². The minimum atomic E-state index is -1.14. The van der Waals surface area contributed by atoms with Gasteiger partial charge in [-0.15, -0.1) is 16.4 Å². The SMILES string of the molecule is Cc1csc(-n2nnc(C(=O)O)c2-c2cccnc2)n1. The monoisotopic (exact) mass is 287 g/mol. The number of hydrogen-bond acceptors (Lipinski definition) is 6. The van der Waals surface area contributed by atoms with Gasteiger partial charge >= 0.3 is 5.97 Å². The molecule has 8 heteroatoms. The number of aromatic carboxylic acids is 1. The lowest BCUT2D eigenvalue weighted by Crippen LogP contribution is -2.03. The van der Waals surface area contributed by atoms with Crippen LogP contribution in [-0.2, 0) is 0 Å². The Morgan fingerprint density at radius 2 is 2.30 bits per heavy atom. The van der Waals surface area contributed by atoms with Crippen molar-refractivity contribution < 1.29 is 9.90 Å². The van der Waals surface area contributed by atoms with Crippen LogP contribution in [0.4, 0.5) is 0 Å². The van der Waals surface area contributed by atoms with Gasteiger partial charge in [-0.05, 0) is 19.1 Å². The molecule has 0 saturated carbocycles. The van der Waals surface area contributed by atoms with Gasteiger partial charge in [0.25, 0.3) is 0 Å². The molecule has 100 valence electrons. The number of hydrogen-bond donors (Lipinski definition) is 1. The molecular formula is C12H9N5O2S. The minimum absolute atomic E-state index is 0.120. The molecule has 0 spiro atoms. The Labute approximate surface area is 117 Å². The number of aromatic nitrogens is 5. The standard InChI is InChI=1S/C12H9N5O2S/c1-7-6-20-12(14-7)17-10(8-3-2-4-13-5-8)9(11(18)19)15-16-17/h2-6H,1H3,(H,18,19). The van der Waals surface area contributed by atoms with Gasteiger partial charge in [0.2, 0.25) is 5.13 Å². The fourth-order valence-corrected chi connectivity index (χ4v) is 2.51. The number of nitrogens with zero attached hydrogens (tertiary/aromatic N) is 5. The molecule has 0 aliphatic rings. The van der Waals surface area contributed by atoms with Gasteiger partial charge in [-0.1, -0.05) is 5.21 Å². The van der Waals surface area contributed by atoms with Crippen LogP contribution in [-0.4, -0.2) is 36.0 Å². The molecule has 0 atom stereocenters. The predicted molar refractivity (Wildman–Crippen MR) is 72.0 cm³/mol. The zero-order valence-electron chi connectivity index (χ0n) is 10.4. The number of carboxylic acid groups (broad SMARTS) is 1. The summed E-state index contributed by atoms with van der Waals surface area (Å²) in [6.07, 6.45) is 3.19. The van der Waals surface area contributed by atoms with Crippen LogP contribution in [0, 0.1) is 6.92 Å². The number of aryl methyl sites for hydroxylation is 1. The maximum atomic E-state index is 11.3. The predicted octanol–water partition coefficient (Wildman–Crippen LogP) is 1.79. The van der Waals surface area contributed by atoms with Gasteiger partial charge in [-0.25, -0.2) is 9.78 Å². The lowest BCUT2D eigenvalue weighted by molar-refractivity contribution is 0.0691. The molecule has 3 aromatic rings. The maximum absolute atomic E-state index is 11.3. The van der Waals surface area contributed by atoms with E-state index in [0.29, 0.717) is 16.4 Å². The van der Waals surface area contributed by atoms with Gasteiger partial charge in [0, 0.05) is 23.3 Å². The highest BCUT2D eigenvalue weighted by molar-refractivity contribution is 7.12. The summed E-state index contributed by atoms with van der Waals surface area (Å²) in [6.45, 7) is 1.86. The molecule has 20 heavy (non-hydrogen) atoms. The Hall–Kier alpha value is -2.61. The number of carbonyl (C=O) groups is 1. The van der Waals surface area contributed by atoms with Crippen molar-refractivity contribution in [3.63, 3.8) is 0 Å². The first-order valence-electron chi connectivity index (χ1n) is 5.68. The van der Waals surface area contributed by atoms with Gasteiger partial charge in [-0.2, -0.15) is 4.68 Å². The first-order valence-corrected chi connectivity index (χ1v) is 6.56. The van der Waals surface area contributed by atoms with Crippen LogP contribution in [0.5, 0.6) is 0 Å². The summed E-state index contributed by atoms with van der Waals surface area (Å²) in [5.41, 5.74) is 1.73. The molecule has 7 nitrogen and oxygen atoms in total. The first kappa shape index (κ1) is 12.4. The molecule has 0 saturated heterocycles. The van der Waals surface area contributed by atoms with Crippen molar-refractivity contribution in [3.05, 3.63) is 41.3 Å². The molecule has 3 rings (SSSR count). The van der Waals surface area contributed by atoms with Gasteiger partial charge in [-0.3, -0.25) is 4.98 Å². The molecule has 0 aliphatic carbocycles. The van der Waals surface area contributed by atoms with Crippen LogP contribution >= 0.6 is 11.3 Å². The smallest absolute Gasteiger partial charge is 0.358 e. The highest BCUT2D eigenvalue weighted by Gasteiger charge is 2.22. The highest BCUT2D eigenvalue weighted by Crippen LogP contribution is 2.26. The number of carboxylic acids is 1. The molecule has 3 aromatic heterocycles. The van der Waals surface area contributed by atoms with Crippen molar-refractivity contribution in [2.75, 3.05) is 0 Å². The van der Waals surface area contributed by atoms with E-state index in [-0.39, 0.29) is 5.69 Å². The van der Waals surface area contributed by atoms with E-state index in [9.17, 15) is 9.90 Å². The summed E-state index contributed by atoms with van der Waals surface area (Å²) < 4.78 is 1.43. The first-order chi connectivity index (χ1) is 9.66. The van der Waals surface area contributed by atoms with Crippen LogP contribution in [0.15, 0.2) is 29.9 Å². The number of pyridine rings is 1. The zero-order valence-corrected chi connectivity index (χ0v) is 11.2. The summed E-state index contributed by atoms with van der Waals surface area (Å²) in [6, 6.07) is 3.49. The van der Waals surface area contributed by atoms with E-state index in [1.165, 1.54) is 16.0 Å². The Morgan fingerprint density at radius 3 is 2.90 bits per heavy atom. The van der Waals surface area contributed by atoms with E-state index < -0.39 is 5.97 Å². The number of thiazole rings is 1. The van der Waals surface area contributed by atoms with Crippen LogP contribution < -0.4 is 0 Å². The lowest BCUT2D eigenvalue weighted by atomic mass is 10.1. The number of rotatable bonds is 3. The molecule has 0 aliphatic heterocycles. The van der Waals surface area contributed by atoms with Crippen LogP contribution in [0.2, 0.25) is 0 Å². The summed E-state index contributed by atoms with van der Waals surface area (Å²) in [4.78, 5) is 19.6. The Kier molecular flexibility index (Phi) is 2.99. The summed E-state index contributed by atoms with van der Waals surface area (Å²) in [5.74, 6) is -1.14. The Morgan fingerprint density at radius 1 is 1.45 bits per heavy atom. The van der Waals surface area contributed by atoms with Crippen molar-refractivity contribution >= 4 is 17.3 Å². The minimum Gasteiger partial charge on any atom is -0.476 e. The van der Waals surface area contributed by atoms with Crippen LogP contribution in [0.1, 0.15) is 16.2 Å². The third kappa shape index (κ3) is 2.05. The third-order valence-corrected chi connectivity index (χ3v) is 3.53. The average Bonchev–Trinajstić information content (AvgIpc) is 3.05. The summed E-state index contributed by atoms with van der Waals surface area (Å²) in [7, 11) is 0. The lowest BCUT2D eigenvalue weighted by Gasteiger charge is -2.03. The van der Waals surface area contributed by atoms with E-state index in [4.69, 9.17) is 0 Å². The highest BCUT2D eigenvalue weighted by atomic mass is 32.1. The second-order valence-corrected chi connectivity index (χ2v) is 4.85. The second kappa shape index (κ2) is 4.82. The van der Waals surface area contributed by atoms with E-state index in [1.807, 2.05) is 12.3 Å². The molecule has 0 amide bonds. The van der Waals surface area contributed by atoms with E-state index in [2.05, 4.69) is 20.3 Å². The maximum Gasteiger partial charge on any atom is 0.358 e. The van der Waals surface area contributed by atoms with Crippen molar-refractivity contribution in [2.45, 2.75) is 6.92 Å². The fraction of sp³-hybridized carbons (Fsp3) is 0.0833. The second-order valence-electron chi connectivity index (χ2n) is 4.02. The van der Waals surface area contributed by atoms with Gasteiger partial charge in [0.1, 0.15) is 5.69 Å². The Bertz CT molecular complexity index is 765.